The SMILES string of the molecule is CCCCCCCCCCCCNC(=O)C[N+](C)(CCO)CCCCCCCC[N+](C)(CCO)CC(=O)NCCCCCCCCCCCC. The number of nitrogens with one attached hydrogen (secondary N) is 2. The minimum absolute atomic E-state index is 0.102. The molecule has 0 aromatic rings. The summed E-state index contributed by atoms with van der Waals surface area (Å²) in [6.45, 7) is 10.2. The molecule has 0 saturated carbocycles. The third-order valence-corrected chi connectivity index (χ3v) is 10.7. The minimum Gasteiger partial charge on any atom is -0.391 e. The van der Waals surface area contributed by atoms with Gasteiger partial charge in [-0.25, -0.2) is 0 Å². The van der Waals surface area contributed by atoms with Gasteiger partial charge in [-0.05, 0) is 38.5 Å². The highest BCUT2D eigenvalue weighted by atomic mass is 16.3. The smallest absolute Gasteiger partial charge is 0.275 e. The number of aliphatic hydroxyl groups is 2. The van der Waals surface area contributed by atoms with Crippen LogP contribution in [0.3, 0.4) is 0 Å². The van der Waals surface area contributed by atoms with Crippen LogP contribution in [0, 0.1) is 0 Å². The summed E-state index contributed by atoms with van der Waals surface area (Å²) in [4.78, 5) is 25.4. The van der Waals surface area contributed by atoms with E-state index in [1.807, 2.05) is 0 Å². The molecule has 0 saturated heterocycles. The predicted octanol–water partition coefficient (Wildman–Crippen LogP) is 8.28. The van der Waals surface area contributed by atoms with Crippen LogP contribution < -0.4 is 10.6 Å². The lowest BCUT2D eigenvalue weighted by atomic mass is 10.1. The molecule has 0 aromatic carbocycles. The zero-order chi connectivity index (χ0) is 37.0. The second-order valence-corrected chi connectivity index (χ2v) is 16.1. The monoisotopic (exact) mass is 713 g/mol. The lowest BCUT2D eigenvalue weighted by Gasteiger charge is -2.33. The first-order valence-corrected chi connectivity index (χ1v) is 21.7. The van der Waals surface area contributed by atoms with Crippen molar-refractivity contribution < 1.29 is 28.8 Å². The molecule has 8 nitrogen and oxygen atoms in total. The molecule has 8 heteroatoms. The quantitative estimate of drug-likeness (QED) is 0.0381. The van der Waals surface area contributed by atoms with Crippen molar-refractivity contribution in [3.63, 3.8) is 0 Å². The van der Waals surface area contributed by atoms with Gasteiger partial charge in [-0.3, -0.25) is 9.59 Å². The Hall–Kier alpha value is -1.22. The number of likely N-dealkylation sites (N-methyl/N-ethyl adjacent to an activating group) is 2. The topological polar surface area (TPSA) is 98.7 Å². The number of nitrogens with zero attached hydrogens (tertiary/aromatic N) is 2. The van der Waals surface area contributed by atoms with Gasteiger partial charge in [0.05, 0.1) is 40.4 Å². The lowest BCUT2D eigenvalue weighted by Crippen LogP contribution is -2.52. The van der Waals surface area contributed by atoms with E-state index < -0.39 is 0 Å². The molecule has 298 valence electrons. The molecule has 0 bridgehead atoms. The standard InChI is InChI=1S/C42H86N4O4/c1-5-7-9-11-13-15-17-19-23-27-31-43-41(49)39-45(3,35-37-47)33-29-25-21-22-26-30-34-46(4,36-38-48)40-42(50)44-32-28-24-20-18-16-14-12-10-8-6-2/h47-48H,5-40H2,1-4H3/p+2. The Morgan fingerprint density at radius 2 is 0.660 bits per heavy atom. The van der Waals surface area contributed by atoms with E-state index >= 15 is 0 Å². The van der Waals surface area contributed by atoms with Crippen LogP contribution in [0.2, 0.25) is 0 Å². The fourth-order valence-electron chi connectivity index (χ4n) is 7.20. The van der Waals surface area contributed by atoms with Gasteiger partial charge in [0.2, 0.25) is 0 Å². The Morgan fingerprint density at radius 3 is 0.940 bits per heavy atom. The third-order valence-electron chi connectivity index (χ3n) is 10.7. The van der Waals surface area contributed by atoms with Gasteiger partial charge >= 0.3 is 0 Å². The predicted molar refractivity (Wildman–Crippen MR) is 213 cm³/mol. The van der Waals surface area contributed by atoms with E-state index in [0.717, 1.165) is 77.5 Å². The molecular weight excluding hydrogens is 624 g/mol. The van der Waals surface area contributed by atoms with Crippen LogP contribution in [-0.2, 0) is 9.59 Å². The maximum absolute atomic E-state index is 12.7. The van der Waals surface area contributed by atoms with Gasteiger partial charge in [-0.15, -0.1) is 0 Å². The number of amides is 2. The first-order chi connectivity index (χ1) is 24.2. The van der Waals surface area contributed by atoms with Crippen LogP contribution in [0.4, 0.5) is 0 Å². The van der Waals surface area contributed by atoms with Crippen LogP contribution in [-0.4, -0.2) is 111 Å². The normalized spacial score (nSPS) is 14.0. The average molecular weight is 713 g/mol. The largest absolute Gasteiger partial charge is 0.391 e. The Balaban J connectivity index is 4.05. The lowest BCUT2D eigenvalue weighted by molar-refractivity contribution is -0.902. The van der Waals surface area contributed by atoms with Crippen molar-refractivity contribution >= 4 is 11.8 Å². The van der Waals surface area contributed by atoms with E-state index in [1.54, 1.807) is 0 Å². The fraction of sp³-hybridized carbons (Fsp3) is 0.952. The summed E-state index contributed by atoms with van der Waals surface area (Å²) in [7, 11) is 4.20. The number of unbranched alkanes of at least 4 members (excludes halogenated alkanes) is 23. The van der Waals surface area contributed by atoms with Crippen molar-refractivity contribution in [2.45, 2.75) is 181 Å². The Kier molecular flexibility index (Phi) is 34.0. The number of carbonyl (C=O) groups excluding carboxylic acids is 2. The third kappa shape index (κ3) is 31.5. The highest BCUT2D eigenvalue weighted by Gasteiger charge is 2.25. The van der Waals surface area contributed by atoms with E-state index in [0.29, 0.717) is 35.1 Å². The summed E-state index contributed by atoms with van der Waals surface area (Å²) in [5.74, 6) is 0.210. The van der Waals surface area contributed by atoms with Gasteiger partial charge in [0.1, 0.15) is 13.1 Å². The zero-order valence-electron chi connectivity index (χ0n) is 34.1. The van der Waals surface area contributed by atoms with Crippen LogP contribution in [0.1, 0.15) is 181 Å². The van der Waals surface area contributed by atoms with Crippen molar-refractivity contribution in [3.8, 4) is 0 Å². The number of rotatable bonds is 39. The average Bonchev–Trinajstić information content (AvgIpc) is 3.07. The molecule has 0 radical (unpaired) electrons. The number of quaternary nitrogens is 2. The Bertz CT molecular complexity index is 708. The van der Waals surface area contributed by atoms with Crippen LogP contribution in [0.5, 0.6) is 0 Å². The summed E-state index contributed by atoms with van der Waals surface area (Å²) >= 11 is 0. The molecule has 0 spiro atoms. The fourth-order valence-corrected chi connectivity index (χ4v) is 7.20. The molecule has 2 unspecified atom stereocenters. The van der Waals surface area contributed by atoms with E-state index in [4.69, 9.17) is 0 Å². The van der Waals surface area contributed by atoms with Crippen molar-refractivity contribution in [2.75, 3.05) is 79.7 Å². The zero-order valence-corrected chi connectivity index (χ0v) is 34.1. The molecule has 0 rings (SSSR count). The first-order valence-electron chi connectivity index (χ1n) is 21.7. The Labute approximate surface area is 311 Å². The summed E-state index contributed by atoms with van der Waals surface area (Å²) in [5.41, 5.74) is 0. The van der Waals surface area contributed by atoms with Crippen molar-refractivity contribution in [1.82, 2.24) is 10.6 Å². The van der Waals surface area contributed by atoms with E-state index in [1.165, 1.54) is 116 Å². The molecule has 0 aliphatic heterocycles. The summed E-state index contributed by atoms with van der Waals surface area (Å²) in [5, 5.41) is 25.6. The minimum atomic E-state index is 0.102. The molecule has 50 heavy (non-hydrogen) atoms. The molecule has 0 aliphatic carbocycles. The van der Waals surface area contributed by atoms with Gasteiger partial charge in [0.15, 0.2) is 13.1 Å². The molecule has 2 atom stereocenters. The Morgan fingerprint density at radius 1 is 0.400 bits per heavy atom. The summed E-state index contributed by atoms with van der Waals surface area (Å²) in [6, 6.07) is 0. The highest BCUT2D eigenvalue weighted by molar-refractivity contribution is 5.77. The second kappa shape index (κ2) is 34.8. The van der Waals surface area contributed by atoms with Crippen molar-refractivity contribution in [1.29, 1.82) is 0 Å². The molecule has 0 aliphatic rings. The number of aliphatic hydroxyl groups excluding tert-OH is 2. The first kappa shape index (κ1) is 48.8. The number of hydrogen-bond acceptors (Lipinski definition) is 4. The van der Waals surface area contributed by atoms with Gasteiger partial charge in [-0.1, -0.05) is 142 Å². The van der Waals surface area contributed by atoms with Gasteiger partial charge in [0.25, 0.3) is 11.8 Å². The maximum Gasteiger partial charge on any atom is 0.275 e. The summed E-state index contributed by atoms with van der Waals surface area (Å²) in [6.07, 6.45) is 32.6. The van der Waals surface area contributed by atoms with Gasteiger partial charge < -0.3 is 29.8 Å². The van der Waals surface area contributed by atoms with Crippen molar-refractivity contribution in [3.05, 3.63) is 0 Å². The van der Waals surface area contributed by atoms with E-state index in [2.05, 4.69) is 38.6 Å². The number of hydrogen-bond donors (Lipinski definition) is 4. The van der Waals surface area contributed by atoms with Gasteiger partial charge in [-0.2, -0.15) is 0 Å². The molecule has 0 heterocycles. The molecule has 2 amide bonds. The maximum atomic E-state index is 12.7. The number of carbonyl (C=O) groups is 2. The second-order valence-electron chi connectivity index (χ2n) is 16.1. The van der Waals surface area contributed by atoms with E-state index in [9.17, 15) is 19.8 Å². The van der Waals surface area contributed by atoms with Crippen LogP contribution in [0.25, 0.3) is 0 Å². The van der Waals surface area contributed by atoms with Gasteiger partial charge in [0, 0.05) is 13.1 Å². The van der Waals surface area contributed by atoms with Crippen LogP contribution >= 0.6 is 0 Å². The van der Waals surface area contributed by atoms with Crippen LogP contribution in [0.15, 0.2) is 0 Å². The molecular formula is C42H88N4O4+2. The van der Waals surface area contributed by atoms with Crippen molar-refractivity contribution in [2.24, 2.45) is 0 Å². The molecule has 0 aromatic heterocycles. The highest BCUT2D eigenvalue weighted by Crippen LogP contribution is 2.14. The summed E-state index contributed by atoms with van der Waals surface area (Å²) < 4.78 is 1.19. The van der Waals surface area contributed by atoms with E-state index in [-0.39, 0.29) is 25.0 Å². The molecule has 4 N–H and O–H groups in total. The molecule has 0 fully saturated rings.